The van der Waals surface area contributed by atoms with Crippen molar-refractivity contribution in [1.82, 2.24) is 30.2 Å². The number of amides is 1. The van der Waals surface area contributed by atoms with Crippen molar-refractivity contribution in [2.24, 2.45) is 5.73 Å². The van der Waals surface area contributed by atoms with Crippen LogP contribution in [0, 0.1) is 0 Å². The molecule has 0 bridgehead atoms. The van der Waals surface area contributed by atoms with Crippen LogP contribution in [0.5, 0.6) is 17.2 Å². The van der Waals surface area contributed by atoms with Gasteiger partial charge in [0, 0.05) is 72.6 Å². The maximum atomic E-state index is 13.6. The van der Waals surface area contributed by atoms with E-state index in [1.165, 1.54) is 50.6 Å². The van der Waals surface area contributed by atoms with Gasteiger partial charge in [-0.2, -0.15) is 9.97 Å². The Kier molecular flexibility index (Phi) is 24.6. The lowest BCUT2D eigenvalue weighted by Gasteiger charge is -2.42. The molecule has 5 aromatic rings. The number of ether oxygens (including phenoxy) is 3. The summed E-state index contributed by atoms with van der Waals surface area (Å²) in [5, 5.41) is 73.7. The van der Waals surface area contributed by atoms with Crippen molar-refractivity contribution < 1.29 is 107 Å². The number of ketones is 3. The number of halogens is 1. The van der Waals surface area contributed by atoms with E-state index in [1.54, 1.807) is 31.0 Å². The highest BCUT2D eigenvalue weighted by Crippen LogP contribution is 2.69. The van der Waals surface area contributed by atoms with Gasteiger partial charge in [-0.05, 0) is 70.6 Å². The lowest BCUT2D eigenvalue weighted by molar-refractivity contribution is -0.247. The minimum absolute atomic E-state index is 0. The number of aliphatic hydroxyl groups excluding tert-OH is 1. The van der Waals surface area contributed by atoms with Crippen LogP contribution in [0.4, 0.5) is 17.5 Å². The van der Waals surface area contributed by atoms with Gasteiger partial charge in [0.2, 0.25) is 11.7 Å². The van der Waals surface area contributed by atoms with Gasteiger partial charge in [0.25, 0.3) is 11.0 Å². The quantitative estimate of drug-likeness (QED) is 0.0263. The topological polar surface area (TPSA) is 544 Å². The molecule has 90 heavy (non-hydrogen) atoms. The van der Waals surface area contributed by atoms with Crippen LogP contribution in [0.25, 0.3) is 11.2 Å². The Hall–Kier alpha value is -7.39. The van der Waals surface area contributed by atoms with Gasteiger partial charge in [-0.1, -0.05) is 31.9 Å². The predicted octanol–water partition coefficient (Wildman–Crippen LogP) is 2.19. The third kappa shape index (κ3) is 16.8. The highest BCUT2D eigenvalue weighted by atomic mass is 35.5. The van der Waals surface area contributed by atoms with Gasteiger partial charge in [0.15, 0.2) is 34.8 Å². The summed E-state index contributed by atoms with van der Waals surface area (Å²) in [4.78, 5) is 128. The van der Waals surface area contributed by atoms with Crippen LogP contribution in [0.15, 0.2) is 48.7 Å². The second-order valence-electron chi connectivity index (χ2n) is 21.5. The number of methoxy groups -OCH3 is 1. The summed E-state index contributed by atoms with van der Waals surface area (Å²) in [6, 6.07) is 8.73. The van der Waals surface area contributed by atoms with Gasteiger partial charge in [0.05, 0.1) is 60.5 Å². The Morgan fingerprint density at radius 3 is 2.16 bits per heavy atom. The number of carboxylic acids is 2. The first kappa shape index (κ1) is 73.3. The number of aromatic hydroxyl groups is 2. The zero-order chi connectivity index (χ0) is 66.2. The number of hydrogen-bond acceptors (Lipinski definition) is 25. The molecule has 2 aromatic heterocycles. The smallest absolute Gasteiger partial charge is 0.369 e. The number of Topliss-reactive ketones (excluding diaryl/α,β-unsaturated/α-hetero) is 1. The highest BCUT2D eigenvalue weighted by molar-refractivity contribution is 7.72. The van der Waals surface area contributed by atoms with E-state index in [9.17, 15) is 63.4 Å². The number of nitrogen functional groups attached to an aromatic ring is 2. The van der Waals surface area contributed by atoms with Crippen molar-refractivity contribution in [1.29, 1.82) is 0 Å². The second-order valence-corrected chi connectivity index (χ2v) is 25.5. The number of aliphatic carboxylic acids is 2. The number of carbonyl (C=O) groups is 6. The van der Waals surface area contributed by atoms with Crippen LogP contribution in [0.1, 0.15) is 137 Å². The molecule has 3 aromatic carbocycles. The number of nitrogens with two attached hydrogens (primary N) is 3. The molecule has 8 rings (SSSR count). The SMILES string of the molecule is CCCCCN(C)CCC(O)(P(=O)(O)O)P(=O)(O)O.COc1cccc2c1C(=O)c1c(O)c3c(c(O)c1C2=O)C[C@@](O)(C(C)=O)C[C@@H]3OC1CC(N)C(O)C(C)O1.Cl.Nc1nc(N)c2nc(CNc3ccc(C(=O)NC(CCC(=O)O)C(=O)O)cc3)cnc2n1. The third-order valence-corrected chi connectivity index (χ3v) is 19.0. The van der Waals surface area contributed by atoms with Crippen molar-refractivity contribution >= 4 is 91.4 Å². The molecule has 3 aliphatic rings. The van der Waals surface area contributed by atoms with Gasteiger partial charge in [-0.25, -0.2) is 14.8 Å². The number of aromatic nitrogens is 4. The summed E-state index contributed by atoms with van der Waals surface area (Å²) in [5.74, 6) is -6.11. The maximum Gasteiger partial charge on any atom is 0.369 e. The molecule has 492 valence electrons. The van der Waals surface area contributed by atoms with Crippen molar-refractivity contribution in [2.75, 3.05) is 44.0 Å². The summed E-state index contributed by atoms with van der Waals surface area (Å²) in [7, 11) is -7.66. The van der Waals surface area contributed by atoms with Crippen LogP contribution >= 0.6 is 27.6 Å². The molecule has 32 nitrogen and oxygen atoms in total. The molecule has 3 heterocycles. The lowest BCUT2D eigenvalue weighted by atomic mass is 9.72. The predicted molar refractivity (Wildman–Crippen MR) is 322 cm³/mol. The Bertz CT molecular complexity index is 3560. The van der Waals surface area contributed by atoms with E-state index in [1.807, 2.05) is 6.92 Å². The molecule has 0 saturated carbocycles. The summed E-state index contributed by atoms with van der Waals surface area (Å²) in [6.07, 6.45) is -1.41. The molecule has 0 spiro atoms. The number of carbonyl (C=O) groups excluding carboxylic acids is 4. The normalized spacial score (nSPS) is 19.9. The Labute approximate surface area is 519 Å². The first-order chi connectivity index (χ1) is 41.6. The fourth-order valence-electron chi connectivity index (χ4n) is 9.97. The zero-order valence-corrected chi connectivity index (χ0v) is 51.9. The number of anilines is 3. The number of nitrogens with zero attached hydrogens (tertiary/aromatic N) is 5. The first-order valence-corrected chi connectivity index (χ1v) is 30.8. The molecular formula is C55H73ClN10O22P2. The number of aliphatic hydroxyl groups is 3. The number of phenolic OH excluding ortho intramolecular Hbond substituents is 2. The molecule has 1 aliphatic heterocycles. The molecule has 19 N–H and O–H groups in total. The van der Waals surface area contributed by atoms with E-state index in [0.29, 0.717) is 30.0 Å². The van der Waals surface area contributed by atoms with E-state index < -0.39 is 133 Å². The number of carboxylic acid groups (broad SMARTS) is 2. The van der Waals surface area contributed by atoms with Gasteiger partial charge < -0.3 is 102 Å². The highest BCUT2D eigenvalue weighted by Gasteiger charge is 2.59. The number of fused-ring (bicyclic) bond motifs is 4. The van der Waals surface area contributed by atoms with E-state index in [-0.39, 0.29) is 95.6 Å². The van der Waals surface area contributed by atoms with Gasteiger partial charge >= 0.3 is 27.1 Å². The average molecular weight is 1320 g/mol. The first-order valence-electron chi connectivity index (χ1n) is 27.6. The van der Waals surface area contributed by atoms with E-state index in [4.69, 9.17) is 61.2 Å². The summed E-state index contributed by atoms with van der Waals surface area (Å²) < 4.78 is 39.3. The number of nitrogens with one attached hydrogen (secondary N) is 2. The van der Waals surface area contributed by atoms with Gasteiger partial charge in [-0.3, -0.25) is 33.1 Å². The Balaban J connectivity index is 0.000000258. The molecule has 1 fully saturated rings. The number of rotatable bonds is 22. The largest absolute Gasteiger partial charge is 0.507 e. The van der Waals surface area contributed by atoms with Crippen molar-refractivity contribution in [3.05, 3.63) is 93.3 Å². The number of phenols is 2. The number of benzene rings is 3. The monoisotopic (exact) mass is 1320 g/mol. The van der Waals surface area contributed by atoms with Crippen molar-refractivity contribution in [3.63, 3.8) is 0 Å². The van der Waals surface area contributed by atoms with Crippen LogP contribution in [0.3, 0.4) is 0 Å². The molecule has 1 amide bonds. The molecule has 5 unspecified atom stereocenters. The van der Waals surface area contributed by atoms with E-state index in [0.717, 1.165) is 19.3 Å². The molecular weight excluding hydrogens is 1250 g/mol. The Morgan fingerprint density at radius 1 is 0.933 bits per heavy atom. The van der Waals surface area contributed by atoms with Crippen molar-refractivity contribution in [2.45, 2.75) is 132 Å². The van der Waals surface area contributed by atoms with Crippen LogP contribution in [-0.4, -0.2) is 184 Å². The summed E-state index contributed by atoms with van der Waals surface area (Å²) in [6.45, 7) is 5.73. The van der Waals surface area contributed by atoms with Crippen molar-refractivity contribution in [3.8, 4) is 17.2 Å². The molecule has 7 atom stereocenters. The van der Waals surface area contributed by atoms with Crippen LogP contribution < -0.4 is 32.6 Å². The van der Waals surface area contributed by atoms with E-state index in [2.05, 4.69) is 30.6 Å². The minimum Gasteiger partial charge on any atom is -0.507 e. The van der Waals surface area contributed by atoms with Crippen LogP contribution in [-0.2, 0) is 46.0 Å². The molecule has 0 radical (unpaired) electrons. The average Bonchev–Trinajstić information content (AvgIpc) is 0.722. The fraction of sp³-hybridized carbons (Fsp3) is 0.455. The lowest BCUT2D eigenvalue weighted by Crippen LogP contribution is -2.52. The van der Waals surface area contributed by atoms with Gasteiger partial charge in [0.1, 0.15) is 28.9 Å². The van der Waals surface area contributed by atoms with Crippen LogP contribution in [0.2, 0.25) is 0 Å². The Morgan fingerprint density at radius 2 is 1.58 bits per heavy atom. The fourth-order valence-corrected chi connectivity index (χ4v) is 12.1. The minimum atomic E-state index is -5.33. The standard InChI is InChI=1S/C27H29NO10.C19H20N8O5.C9H23NO7P2.ClH/c1-10-22(30)14(28)7-17(37-10)38-16-9-27(35,11(2)29)8-13-19(16)26(34)21-20(24(13)32)23(31)12-5-4-6-15(36-3)18(12)25(21)33;20-15-14-16(27-19(21)26-15)23-8-11(24-14)7-22-10-3-1-9(2-4-10)17(30)25-12(18(31)32)5-6-13(28)29;1-3-4-5-7-10(2)8-6-9(11,18(12,13)14)19(15,16)17;/h4-6,10,14,16-17,22,30,32,34-35H,7-9,28H2,1-3H3;1-4,8,12,22H,5-7H2,(H,25,30)(H,28,29)(H,31,32)(H4,20,21,23,26,27);11H,3-8H2,1-2H3,(H2,12,13,14)(H2,15,16,17);1H/t10?,14?,16-,17?,22?,27-;;;/m0.../s1. The summed E-state index contributed by atoms with van der Waals surface area (Å²) in [5.41, 5.74) is 16.4. The van der Waals surface area contributed by atoms with Gasteiger partial charge in [-0.15, -0.1) is 12.4 Å². The molecule has 35 heteroatoms. The maximum absolute atomic E-state index is 13.6. The summed E-state index contributed by atoms with van der Waals surface area (Å²) >= 11 is 0. The number of unbranched alkanes of at least 4 members (excludes halogenated alkanes) is 2. The second kappa shape index (κ2) is 30.2. The molecule has 1 saturated heterocycles. The third-order valence-electron chi connectivity index (χ3n) is 15.1. The van der Waals surface area contributed by atoms with E-state index >= 15 is 0 Å². The number of hydrogen-bond donors (Lipinski definition) is 16. The molecule has 2 aliphatic carbocycles. The zero-order valence-electron chi connectivity index (χ0n) is 49.2.